The van der Waals surface area contributed by atoms with Crippen molar-refractivity contribution >= 4 is 51.2 Å². The zero-order chi connectivity index (χ0) is 10.7. The Hall–Kier alpha value is -0.200. The van der Waals surface area contributed by atoms with Crippen LogP contribution in [0.15, 0.2) is 11.6 Å². The number of thiophene rings is 1. The number of nitrogens with zero attached hydrogens (tertiary/aromatic N) is 1. The molecular formula is C9H6Cl3NS. The van der Waals surface area contributed by atoms with E-state index in [1.807, 2.05) is 13.0 Å². The summed E-state index contributed by atoms with van der Waals surface area (Å²) in [6.45, 7) is 1.86. The average Bonchev–Trinajstić information content (AvgIpc) is 2.47. The number of hydrogen-bond acceptors (Lipinski definition) is 2. The summed E-state index contributed by atoms with van der Waals surface area (Å²) in [5, 5.41) is 9.18. The minimum atomic E-state index is 0.392. The van der Waals surface area contributed by atoms with Gasteiger partial charge in [-0.25, -0.2) is 0 Å². The fraction of sp³-hybridized carbons (Fsp3) is 0.222. The largest absolute Gasteiger partial charge is 0.193 e. The maximum atomic E-state index is 8.79. The van der Waals surface area contributed by atoms with Gasteiger partial charge >= 0.3 is 0 Å². The normalized spacial score (nSPS) is 12.2. The highest BCUT2D eigenvalue weighted by Crippen LogP contribution is 2.38. The van der Waals surface area contributed by atoms with Crippen LogP contribution in [0.2, 0.25) is 8.67 Å². The number of allylic oxidation sites excluding steroid dienone is 1. The van der Waals surface area contributed by atoms with Crippen molar-refractivity contribution in [3.63, 3.8) is 0 Å². The minimum Gasteiger partial charge on any atom is -0.193 e. The second kappa shape index (κ2) is 5.04. The zero-order valence-electron chi connectivity index (χ0n) is 7.27. The molecule has 14 heavy (non-hydrogen) atoms. The summed E-state index contributed by atoms with van der Waals surface area (Å²) < 4.78 is 1.08. The lowest BCUT2D eigenvalue weighted by Gasteiger charge is -1.98. The van der Waals surface area contributed by atoms with Gasteiger partial charge in [-0.05, 0) is 12.5 Å². The van der Waals surface area contributed by atoms with Gasteiger partial charge in [-0.1, -0.05) is 41.7 Å². The van der Waals surface area contributed by atoms with E-state index in [2.05, 4.69) is 0 Å². The van der Waals surface area contributed by atoms with Gasteiger partial charge in [0.1, 0.15) is 4.34 Å². The Balaban J connectivity index is 3.24. The van der Waals surface area contributed by atoms with Gasteiger partial charge in [0, 0.05) is 11.1 Å². The van der Waals surface area contributed by atoms with Crippen LogP contribution in [0.3, 0.4) is 0 Å². The van der Waals surface area contributed by atoms with Crippen molar-refractivity contribution in [2.75, 3.05) is 0 Å². The SMILES string of the molecule is CC/C(C#N)=C(/Cl)c1cc(Cl)sc1Cl. The summed E-state index contributed by atoms with van der Waals surface area (Å²) in [6, 6.07) is 3.71. The van der Waals surface area contributed by atoms with E-state index in [-0.39, 0.29) is 0 Å². The quantitative estimate of drug-likeness (QED) is 0.696. The third kappa shape index (κ3) is 2.43. The molecule has 0 atom stereocenters. The minimum absolute atomic E-state index is 0.392. The molecule has 0 spiro atoms. The molecule has 0 aliphatic rings. The first-order chi connectivity index (χ1) is 6.60. The Morgan fingerprint density at radius 2 is 2.21 bits per heavy atom. The summed E-state index contributed by atoms with van der Waals surface area (Å²) in [5.41, 5.74) is 1.16. The highest BCUT2D eigenvalue weighted by molar-refractivity contribution is 7.20. The molecular weight excluding hydrogens is 261 g/mol. The molecule has 1 rings (SSSR count). The standard InChI is InChI=1S/C9H6Cl3NS/c1-2-5(4-13)8(11)6-3-7(10)14-9(6)12/h3H,2H2,1H3/b8-5-. The molecule has 0 aromatic carbocycles. The van der Waals surface area contributed by atoms with Gasteiger partial charge in [0.25, 0.3) is 0 Å². The lowest BCUT2D eigenvalue weighted by atomic mass is 10.1. The van der Waals surface area contributed by atoms with Crippen molar-refractivity contribution in [3.8, 4) is 6.07 Å². The molecule has 5 heteroatoms. The molecule has 0 unspecified atom stereocenters. The van der Waals surface area contributed by atoms with Gasteiger partial charge in [-0.15, -0.1) is 11.3 Å². The molecule has 0 aliphatic heterocycles. The predicted octanol–water partition coefficient (Wildman–Crippen LogP) is 4.94. The predicted molar refractivity (Wildman–Crippen MR) is 63.0 cm³/mol. The average molecular weight is 267 g/mol. The molecule has 0 fully saturated rings. The molecule has 0 radical (unpaired) electrons. The Morgan fingerprint density at radius 3 is 2.57 bits per heavy atom. The van der Waals surface area contributed by atoms with Crippen LogP contribution < -0.4 is 0 Å². The smallest absolute Gasteiger partial charge is 0.103 e. The van der Waals surface area contributed by atoms with Crippen LogP contribution in [-0.2, 0) is 0 Å². The summed E-state index contributed by atoms with van der Waals surface area (Å²) in [7, 11) is 0. The molecule has 1 nitrogen and oxygen atoms in total. The molecule has 0 N–H and O–H groups in total. The number of rotatable bonds is 2. The molecule has 0 amide bonds. The summed E-state index contributed by atoms with van der Waals surface area (Å²) in [5.74, 6) is 0. The van der Waals surface area contributed by atoms with Crippen LogP contribution in [0.1, 0.15) is 18.9 Å². The van der Waals surface area contributed by atoms with Crippen molar-refractivity contribution in [3.05, 3.63) is 25.9 Å². The van der Waals surface area contributed by atoms with E-state index in [1.165, 1.54) is 11.3 Å². The van der Waals surface area contributed by atoms with Crippen LogP contribution in [-0.4, -0.2) is 0 Å². The lowest BCUT2D eigenvalue weighted by molar-refractivity contribution is 1.16. The fourth-order valence-corrected chi connectivity index (χ4v) is 2.84. The third-order valence-electron chi connectivity index (χ3n) is 1.65. The zero-order valence-corrected chi connectivity index (χ0v) is 10.4. The van der Waals surface area contributed by atoms with Gasteiger partial charge < -0.3 is 0 Å². The van der Waals surface area contributed by atoms with Crippen molar-refractivity contribution < 1.29 is 0 Å². The molecule has 0 aliphatic carbocycles. The Kier molecular flexibility index (Phi) is 4.28. The molecule has 0 saturated carbocycles. The van der Waals surface area contributed by atoms with E-state index in [0.29, 0.717) is 31.3 Å². The molecule has 0 bridgehead atoms. The highest BCUT2D eigenvalue weighted by Gasteiger charge is 2.12. The highest BCUT2D eigenvalue weighted by atomic mass is 35.5. The van der Waals surface area contributed by atoms with Gasteiger partial charge in [0.2, 0.25) is 0 Å². The van der Waals surface area contributed by atoms with Crippen LogP contribution in [0.5, 0.6) is 0 Å². The van der Waals surface area contributed by atoms with E-state index in [9.17, 15) is 0 Å². The molecule has 0 saturated heterocycles. The Bertz CT molecular complexity index is 414. The van der Waals surface area contributed by atoms with Crippen LogP contribution in [0.4, 0.5) is 0 Å². The molecule has 1 heterocycles. The van der Waals surface area contributed by atoms with Crippen molar-refractivity contribution in [1.29, 1.82) is 5.26 Å². The maximum Gasteiger partial charge on any atom is 0.103 e. The fourth-order valence-electron chi connectivity index (χ4n) is 0.936. The topological polar surface area (TPSA) is 23.8 Å². The van der Waals surface area contributed by atoms with Crippen molar-refractivity contribution in [1.82, 2.24) is 0 Å². The first kappa shape index (κ1) is 11.9. The number of hydrogen-bond donors (Lipinski definition) is 0. The van der Waals surface area contributed by atoms with E-state index in [1.54, 1.807) is 6.07 Å². The van der Waals surface area contributed by atoms with E-state index in [4.69, 9.17) is 40.1 Å². The first-order valence-electron chi connectivity index (χ1n) is 3.84. The summed E-state index contributed by atoms with van der Waals surface area (Å²) >= 11 is 18.9. The van der Waals surface area contributed by atoms with E-state index >= 15 is 0 Å². The van der Waals surface area contributed by atoms with Crippen molar-refractivity contribution in [2.24, 2.45) is 0 Å². The second-order valence-corrected chi connectivity index (χ2v) is 5.16. The van der Waals surface area contributed by atoms with Gasteiger partial charge in [-0.3, -0.25) is 0 Å². The lowest BCUT2D eigenvalue weighted by Crippen LogP contribution is -1.81. The Morgan fingerprint density at radius 1 is 1.57 bits per heavy atom. The number of nitriles is 1. The van der Waals surface area contributed by atoms with Crippen LogP contribution in [0, 0.1) is 11.3 Å². The first-order valence-corrected chi connectivity index (χ1v) is 5.79. The monoisotopic (exact) mass is 265 g/mol. The maximum absolute atomic E-state index is 8.79. The number of halogens is 3. The molecule has 74 valence electrons. The van der Waals surface area contributed by atoms with Crippen LogP contribution >= 0.6 is 46.1 Å². The molecule has 1 aromatic heterocycles. The van der Waals surface area contributed by atoms with E-state index in [0.717, 1.165) is 0 Å². The Labute approximate surface area is 102 Å². The van der Waals surface area contributed by atoms with Crippen LogP contribution in [0.25, 0.3) is 5.03 Å². The van der Waals surface area contributed by atoms with Gasteiger partial charge in [0.05, 0.1) is 15.4 Å². The third-order valence-corrected chi connectivity index (χ3v) is 3.57. The van der Waals surface area contributed by atoms with Crippen molar-refractivity contribution in [2.45, 2.75) is 13.3 Å². The second-order valence-electron chi connectivity index (χ2n) is 2.50. The molecule has 1 aromatic rings. The van der Waals surface area contributed by atoms with E-state index < -0.39 is 0 Å². The summed E-state index contributed by atoms with van der Waals surface area (Å²) in [4.78, 5) is 0. The summed E-state index contributed by atoms with van der Waals surface area (Å²) in [6.07, 6.45) is 0.582. The van der Waals surface area contributed by atoms with Gasteiger partial charge in [-0.2, -0.15) is 5.26 Å². The van der Waals surface area contributed by atoms with Gasteiger partial charge in [0.15, 0.2) is 0 Å².